The summed E-state index contributed by atoms with van der Waals surface area (Å²) < 4.78 is 38.7. The van der Waals surface area contributed by atoms with Crippen molar-refractivity contribution in [1.82, 2.24) is 20.2 Å². The first-order valence-corrected chi connectivity index (χ1v) is 12.7. The summed E-state index contributed by atoms with van der Waals surface area (Å²) in [7, 11) is 0. The number of H-pyrrole nitrogens is 1. The van der Waals surface area contributed by atoms with Crippen molar-refractivity contribution < 1.29 is 18.0 Å². The van der Waals surface area contributed by atoms with Crippen LogP contribution in [0.15, 0.2) is 42.6 Å². The van der Waals surface area contributed by atoms with Gasteiger partial charge >= 0.3 is 6.18 Å². The summed E-state index contributed by atoms with van der Waals surface area (Å²) in [5, 5.41) is 16.7. The zero-order chi connectivity index (χ0) is 25.6. The number of anilines is 4. The Morgan fingerprint density at radius 3 is 2.65 bits per heavy atom. The molecule has 2 atom stereocenters. The maximum atomic E-state index is 12.9. The zero-order valence-corrected chi connectivity index (χ0v) is 20.1. The molecule has 0 saturated heterocycles. The van der Waals surface area contributed by atoms with Crippen LogP contribution in [-0.4, -0.2) is 32.1 Å². The second-order valence-electron chi connectivity index (χ2n) is 10.3. The largest absolute Gasteiger partial charge is 0.416 e. The van der Waals surface area contributed by atoms with Crippen LogP contribution in [-0.2, 0) is 11.0 Å². The van der Waals surface area contributed by atoms with Crippen LogP contribution < -0.4 is 16.0 Å². The van der Waals surface area contributed by atoms with Crippen LogP contribution in [0.2, 0.25) is 0 Å². The van der Waals surface area contributed by atoms with E-state index in [1.165, 1.54) is 37.8 Å². The predicted octanol–water partition coefficient (Wildman–Crippen LogP) is 5.69. The van der Waals surface area contributed by atoms with E-state index in [1.807, 2.05) is 6.07 Å². The third kappa shape index (κ3) is 4.86. The molecule has 3 aromatic rings. The minimum atomic E-state index is -4.44. The van der Waals surface area contributed by atoms with E-state index in [4.69, 9.17) is 0 Å². The van der Waals surface area contributed by atoms with Gasteiger partial charge in [-0.05, 0) is 61.3 Å². The Labute approximate surface area is 211 Å². The first-order chi connectivity index (χ1) is 17.8. The van der Waals surface area contributed by atoms with E-state index in [0.29, 0.717) is 29.5 Å². The lowest BCUT2D eigenvalue weighted by atomic mass is 9.43. The van der Waals surface area contributed by atoms with Gasteiger partial charge in [0.15, 0.2) is 5.82 Å². The van der Waals surface area contributed by atoms with E-state index in [0.717, 1.165) is 30.1 Å². The smallest absolute Gasteiger partial charge is 0.351 e. The molecular formula is C26H28F3N7O. The molecule has 11 heteroatoms. The minimum Gasteiger partial charge on any atom is -0.351 e. The molecule has 2 bridgehead atoms. The summed E-state index contributed by atoms with van der Waals surface area (Å²) in [4.78, 5) is 21.4. The summed E-state index contributed by atoms with van der Waals surface area (Å²) in [6.45, 7) is 0. The van der Waals surface area contributed by atoms with Gasteiger partial charge in [-0.3, -0.25) is 9.89 Å². The van der Waals surface area contributed by atoms with Crippen LogP contribution in [0.4, 0.5) is 36.4 Å². The number of nitrogens with zero attached hydrogens (tertiary/aromatic N) is 3. The number of benzene rings is 1. The van der Waals surface area contributed by atoms with Crippen molar-refractivity contribution in [2.24, 2.45) is 17.8 Å². The number of amides is 1. The molecular weight excluding hydrogens is 483 g/mol. The van der Waals surface area contributed by atoms with E-state index in [-0.39, 0.29) is 30.0 Å². The lowest BCUT2D eigenvalue weighted by molar-refractivity contribution is -0.137. The Hall–Kier alpha value is -3.63. The Kier molecular flexibility index (Phi) is 6.00. The van der Waals surface area contributed by atoms with Crippen molar-refractivity contribution in [2.45, 2.75) is 56.7 Å². The normalized spacial score (nSPS) is 24.7. The molecule has 37 heavy (non-hydrogen) atoms. The maximum Gasteiger partial charge on any atom is 0.416 e. The number of carbonyl (C=O) groups excluding carboxylic acids is 1. The molecule has 0 aliphatic heterocycles. The Morgan fingerprint density at radius 2 is 1.89 bits per heavy atom. The summed E-state index contributed by atoms with van der Waals surface area (Å²) in [5.74, 6) is 3.02. The predicted molar refractivity (Wildman–Crippen MR) is 132 cm³/mol. The number of aromatic nitrogens is 4. The first-order valence-electron chi connectivity index (χ1n) is 12.7. The Morgan fingerprint density at radius 1 is 1.08 bits per heavy atom. The molecule has 2 heterocycles. The number of rotatable bonds is 8. The van der Waals surface area contributed by atoms with Gasteiger partial charge in [0.1, 0.15) is 5.82 Å². The summed E-state index contributed by atoms with van der Waals surface area (Å²) in [6.07, 6.45) is 3.47. The molecule has 4 saturated carbocycles. The molecule has 1 amide bonds. The lowest BCUT2D eigenvalue weighted by Gasteiger charge is -2.64. The zero-order valence-electron chi connectivity index (χ0n) is 20.1. The fourth-order valence-electron chi connectivity index (χ4n) is 5.93. The molecule has 2 aromatic heterocycles. The van der Waals surface area contributed by atoms with E-state index >= 15 is 0 Å². The summed E-state index contributed by atoms with van der Waals surface area (Å²) in [5.41, 5.74) is 0.539. The molecule has 0 radical (unpaired) electrons. The van der Waals surface area contributed by atoms with E-state index < -0.39 is 11.7 Å². The molecule has 194 valence electrons. The highest BCUT2D eigenvalue weighted by molar-refractivity contribution is 5.91. The second-order valence-corrected chi connectivity index (χ2v) is 10.3. The van der Waals surface area contributed by atoms with Crippen LogP contribution in [0, 0.1) is 17.8 Å². The highest BCUT2D eigenvalue weighted by atomic mass is 19.4. The Bertz CT molecular complexity index is 1280. The van der Waals surface area contributed by atoms with Gasteiger partial charge in [-0.1, -0.05) is 18.9 Å². The van der Waals surface area contributed by atoms with Crippen molar-refractivity contribution >= 4 is 29.2 Å². The molecule has 4 aliphatic carbocycles. The van der Waals surface area contributed by atoms with Gasteiger partial charge in [0.25, 0.3) is 0 Å². The molecule has 1 aromatic carbocycles. The van der Waals surface area contributed by atoms with Crippen LogP contribution >= 0.6 is 0 Å². The SMILES string of the molecule is O=C(CC1C2CC1C2Nc1nccc(Nc2cc(C3CCCC3)[nH]n2)n1)Nc1cccc(C(F)(F)F)c1. The summed E-state index contributed by atoms with van der Waals surface area (Å²) >= 11 is 0. The first kappa shape index (κ1) is 23.7. The van der Waals surface area contributed by atoms with Crippen LogP contribution in [0.25, 0.3) is 0 Å². The molecule has 8 nitrogen and oxygen atoms in total. The summed E-state index contributed by atoms with van der Waals surface area (Å²) in [6, 6.07) is 8.74. The molecule has 7 rings (SSSR count). The fourth-order valence-corrected chi connectivity index (χ4v) is 5.93. The van der Waals surface area contributed by atoms with Crippen LogP contribution in [0.1, 0.15) is 55.7 Å². The number of halogens is 3. The highest BCUT2D eigenvalue weighted by Crippen LogP contribution is 2.60. The number of hydrogen-bond donors (Lipinski definition) is 4. The van der Waals surface area contributed by atoms with Crippen molar-refractivity contribution in [3.63, 3.8) is 0 Å². The number of hydrogen-bond acceptors (Lipinski definition) is 6. The fraction of sp³-hybridized carbons (Fsp3) is 0.462. The quantitative estimate of drug-likeness (QED) is 0.309. The van der Waals surface area contributed by atoms with Crippen molar-refractivity contribution in [2.75, 3.05) is 16.0 Å². The van der Waals surface area contributed by atoms with Crippen molar-refractivity contribution in [3.05, 3.63) is 53.9 Å². The van der Waals surface area contributed by atoms with E-state index in [2.05, 4.69) is 36.1 Å². The third-order valence-electron chi connectivity index (χ3n) is 8.06. The van der Waals surface area contributed by atoms with Gasteiger partial charge in [0, 0.05) is 42.0 Å². The molecule has 4 fully saturated rings. The van der Waals surface area contributed by atoms with Gasteiger partial charge in [-0.25, -0.2) is 4.98 Å². The Balaban J connectivity index is 1.00. The second kappa shape index (κ2) is 9.35. The van der Waals surface area contributed by atoms with Gasteiger partial charge in [0.05, 0.1) is 5.56 Å². The van der Waals surface area contributed by atoms with Gasteiger partial charge in [0.2, 0.25) is 11.9 Å². The van der Waals surface area contributed by atoms with Crippen LogP contribution in [0.5, 0.6) is 0 Å². The van der Waals surface area contributed by atoms with Gasteiger partial charge < -0.3 is 16.0 Å². The van der Waals surface area contributed by atoms with Crippen molar-refractivity contribution in [1.29, 1.82) is 0 Å². The molecule has 4 N–H and O–H groups in total. The standard InChI is InChI=1S/C26H28F3N7O/c27-26(28,29)15-6-3-7-16(10-15)31-23(37)12-17-18-11-19(17)24(18)34-25-30-9-8-21(33-25)32-22-13-20(35-36-22)14-4-1-2-5-14/h3,6-10,13-14,17-19,24H,1-2,4-5,11-12H2,(H,31,37)(H3,30,32,33,34,35,36). The van der Waals surface area contributed by atoms with E-state index in [9.17, 15) is 18.0 Å². The number of carbonyl (C=O) groups is 1. The lowest BCUT2D eigenvalue weighted by Crippen LogP contribution is -2.67. The molecule has 4 aliphatic rings. The molecule has 2 unspecified atom stereocenters. The monoisotopic (exact) mass is 511 g/mol. The highest BCUT2D eigenvalue weighted by Gasteiger charge is 2.61. The average Bonchev–Trinajstić information content (AvgIpc) is 3.52. The molecule has 0 spiro atoms. The van der Waals surface area contributed by atoms with Crippen LogP contribution in [0.3, 0.4) is 0 Å². The van der Waals surface area contributed by atoms with E-state index in [1.54, 1.807) is 12.3 Å². The topological polar surface area (TPSA) is 108 Å². The average molecular weight is 512 g/mol. The number of alkyl halides is 3. The van der Waals surface area contributed by atoms with Gasteiger partial charge in [-0.2, -0.15) is 23.3 Å². The maximum absolute atomic E-state index is 12.9. The van der Waals surface area contributed by atoms with Gasteiger partial charge in [-0.15, -0.1) is 0 Å². The minimum absolute atomic E-state index is 0.160. The third-order valence-corrected chi connectivity index (χ3v) is 8.06. The number of nitrogens with one attached hydrogen (secondary N) is 4. The van der Waals surface area contributed by atoms with Crippen molar-refractivity contribution in [3.8, 4) is 0 Å². The number of aromatic amines is 1.